The van der Waals surface area contributed by atoms with E-state index in [1.807, 2.05) is 31.0 Å². The maximum atomic E-state index is 12.3. The van der Waals surface area contributed by atoms with Crippen LogP contribution < -0.4 is 10.2 Å². The summed E-state index contributed by atoms with van der Waals surface area (Å²) in [4.78, 5) is 18.9. The van der Waals surface area contributed by atoms with Gasteiger partial charge in [-0.15, -0.1) is 0 Å². The molecular formula is C19H20ClN3OS. The third-order valence-electron chi connectivity index (χ3n) is 4.09. The van der Waals surface area contributed by atoms with Crippen LogP contribution in [0.25, 0.3) is 10.2 Å². The molecule has 1 aromatic heterocycles. The van der Waals surface area contributed by atoms with Crippen LogP contribution >= 0.6 is 22.9 Å². The Morgan fingerprint density at radius 2 is 1.84 bits per heavy atom. The number of hydrogen-bond acceptors (Lipinski definition) is 4. The fourth-order valence-corrected chi connectivity index (χ4v) is 3.82. The van der Waals surface area contributed by atoms with Gasteiger partial charge in [0.1, 0.15) is 0 Å². The number of fused-ring (bicyclic) bond motifs is 1. The number of anilines is 2. The molecule has 130 valence electrons. The molecule has 0 unspecified atom stereocenters. The zero-order valence-corrected chi connectivity index (χ0v) is 16.3. The Morgan fingerprint density at radius 3 is 2.52 bits per heavy atom. The molecular weight excluding hydrogens is 354 g/mol. The fraction of sp³-hybridized carbons (Fsp3) is 0.263. The van der Waals surface area contributed by atoms with Crippen molar-refractivity contribution in [3.63, 3.8) is 0 Å². The van der Waals surface area contributed by atoms with E-state index in [2.05, 4.69) is 31.3 Å². The van der Waals surface area contributed by atoms with E-state index in [0.717, 1.165) is 21.8 Å². The average Bonchev–Trinajstić information content (AvgIpc) is 3.01. The van der Waals surface area contributed by atoms with Crippen LogP contribution in [0.15, 0.2) is 30.3 Å². The van der Waals surface area contributed by atoms with Crippen molar-refractivity contribution < 1.29 is 4.79 Å². The van der Waals surface area contributed by atoms with Crippen LogP contribution in [-0.2, 0) is 4.79 Å². The van der Waals surface area contributed by atoms with E-state index in [9.17, 15) is 4.79 Å². The standard InChI is InChI=1S/C19H20ClN3OS/c1-11-7-8-14(9-15(11)20)21-16(24)10-23(4)19-22-17-12(2)5-6-13(3)18(17)25-19/h5-9H,10H2,1-4H3,(H,21,24). The first-order chi connectivity index (χ1) is 11.8. The Hall–Kier alpha value is -2.11. The van der Waals surface area contributed by atoms with E-state index in [4.69, 9.17) is 16.6 Å². The van der Waals surface area contributed by atoms with E-state index < -0.39 is 0 Å². The number of hydrogen-bond donors (Lipinski definition) is 1. The predicted molar refractivity (Wildman–Crippen MR) is 107 cm³/mol. The van der Waals surface area contributed by atoms with Crippen LogP contribution in [0.3, 0.4) is 0 Å². The zero-order valence-electron chi connectivity index (χ0n) is 14.7. The van der Waals surface area contributed by atoms with E-state index in [0.29, 0.717) is 10.7 Å². The van der Waals surface area contributed by atoms with Crippen LogP contribution in [-0.4, -0.2) is 24.5 Å². The van der Waals surface area contributed by atoms with Gasteiger partial charge in [0, 0.05) is 17.8 Å². The lowest BCUT2D eigenvalue weighted by molar-refractivity contribution is -0.114. The van der Waals surface area contributed by atoms with Gasteiger partial charge in [-0.1, -0.05) is 41.1 Å². The molecule has 1 N–H and O–H groups in total. The molecule has 0 saturated carbocycles. The minimum atomic E-state index is -0.102. The van der Waals surface area contributed by atoms with Crippen molar-refractivity contribution in [1.82, 2.24) is 4.98 Å². The number of carbonyl (C=O) groups excluding carboxylic acids is 1. The highest BCUT2D eigenvalue weighted by Crippen LogP contribution is 2.32. The number of carbonyl (C=O) groups is 1. The van der Waals surface area contributed by atoms with Crippen LogP contribution in [0.5, 0.6) is 0 Å². The number of thiazole rings is 1. The summed E-state index contributed by atoms with van der Waals surface area (Å²) >= 11 is 7.72. The molecule has 1 heterocycles. The van der Waals surface area contributed by atoms with E-state index in [1.54, 1.807) is 17.4 Å². The second-order valence-electron chi connectivity index (χ2n) is 6.24. The molecule has 0 aliphatic carbocycles. The molecule has 25 heavy (non-hydrogen) atoms. The summed E-state index contributed by atoms with van der Waals surface area (Å²) in [6, 6.07) is 9.69. The largest absolute Gasteiger partial charge is 0.342 e. The minimum Gasteiger partial charge on any atom is -0.342 e. The predicted octanol–water partition coefficient (Wildman–Crippen LogP) is 4.95. The smallest absolute Gasteiger partial charge is 0.243 e. The maximum absolute atomic E-state index is 12.3. The van der Waals surface area contributed by atoms with Crippen LogP contribution in [0.2, 0.25) is 5.02 Å². The van der Waals surface area contributed by atoms with Crippen molar-refractivity contribution in [2.45, 2.75) is 20.8 Å². The third kappa shape index (κ3) is 3.78. The Bertz CT molecular complexity index is 912. The molecule has 0 aliphatic heterocycles. The highest BCUT2D eigenvalue weighted by atomic mass is 35.5. The summed E-state index contributed by atoms with van der Waals surface area (Å²) < 4.78 is 1.17. The van der Waals surface area contributed by atoms with Crippen molar-refractivity contribution in [1.29, 1.82) is 0 Å². The number of nitrogens with zero attached hydrogens (tertiary/aromatic N) is 2. The van der Waals surface area contributed by atoms with Gasteiger partial charge in [-0.3, -0.25) is 4.79 Å². The van der Waals surface area contributed by atoms with Crippen LogP contribution in [0.4, 0.5) is 10.8 Å². The first-order valence-electron chi connectivity index (χ1n) is 7.99. The van der Waals surface area contributed by atoms with Crippen molar-refractivity contribution in [3.05, 3.63) is 52.0 Å². The monoisotopic (exact) mass is 373 g/mol. The number of aryl methyl sites for hydroxylation is 3. The number of likely N-dealkylation sites (N-methyl/N-ethyl adjacent to an activating group) is 1. The maximum Gasteiger partial charge on any atom is 0.243 e. The first kappa shape index (κ1) is 17.7. The molecule has 4 nitrogen and oxygen atoms in total. The summed E-state index contributed by atoms with van der Waals surface area (Å²) in [5, 5.41) is 4.36. The highest BCUT2D eigenvalue weighted by Gasteiger charge is 2.14. The van der Waals surface area contributed by atoms with Crippen molar-refractivity contribution in [3.8, 4) is 0 Å². The van der Waals surface area contributed by atoms with Crippen LogP contribution in [0.1, 0.15) is 16.7 Å². The molecule has 0 saturated heterocycles. The summed E-state index contributed by atoms with van der Waals surface area (Å²) in [6.07, 6.45) is 0. The van der Waals surface area contributed by atoms with E-state index in [-0.39, 0.29) is 12.5 Å². The van der Waals surface area contributed by atoms with Gasteiger partial charge < -0.3 is 10.2 Å². The lowest BCUT2D eigenvalue weighted by Gasteiger charge is -2.15. The topological polar surface area (TPSA) is 45.2 Å². The normalized spacial score (nSPS) is 10.9. The molecule has 3 aromatic rings. The average molecular weight is 374 g/mol. The first-order valence-corrected chi connectivity index (χ1v) is 9.18. The molecule has 0 radical (unpaired) electrons. The number of halogens is 1. The molecule has 3 rings (SSSR count). The summed E-state index contributed by atoms with van der Waals surface area (Å²) in [5.41, 5.74) is 5.05. The lowest BCUT2D eigenvalue weighted by Crippen LogP contribution is -2.29. The number of amides is 1. The molecule has 1 amide bonds. The fourth-order valence-electron chi connectivity index (χ4n) is 2.57. The second-order valence-corrected chi connectivity index (χ2v) is 7.63. The quantitative estimate of drug-likeness (QED) is 0.703. The van der Waals surface area contributed by atoms with Gasteiger partial charge in [0.05, 0.1) is 16.8 Å². The Labute approximate surface area is 156 Å². The molecule has 0 fully saturated rings. The molecule has 6 heteroatoms. The van der Waals surface area contributed by atoms with Crippen molar-refractivity contribution in [2.75, 3.05) is 23.8 Å². The highest BCUT2D eigenvalue weighted by molar-refractivity contribution is 7.22. The van der Waals surface area contributed by atoms with Gasteiger partial charge in [0.25, 0.3) is 0 Å². The lowest BCUT2D eigenvalue weighted by atomic mass is 10.1. The summed E-state index contributed by atoms with van der Waals surface area (Å²) in [6.45, 7) is 6.29. The molecule has 2 aromatic carbocycles. The van der Waals surface area contributed by atoms with Crippen molar-refractivity contribution in [2.24, 2.45) is 0 Å². The van der Waals surface area contributed by atoms with Gasteiger partial charge in [0.2, 0.25) is 5.91 Å². The Morgan fingerprint density at radius 1 is 1.16 bits per heavy atom. The number of nitrogens with one attached hydrogen (secondary N) is 1. The number of rotatable bonds is 4. The molecule has 0 aliphatic rings. The summed E-state index contributed by atoms with van der Waals surface area (Å²) in [5.74, 6) is -0.102. The van der Waals surface area contributed by atoms with Gasteiger partial charge in [0.15, 0.2) is 5.13 Å². The Balaban J connectivity index is 1.74. The van der Waals surface area contributed by atoms with Gasteiger partial charge >= 0.3 is 0 Å². The molecule has 0 bridgehead atoms. The minimum absolute atomic E-state index is 0.102. The van der Waals surface area contributed by atoms with Crippen molar-refractivity contribution >= 4 is 49.9 Å². The zero-order chi connectivity index (χ0) is 18.1. The molecule has 0 spiro atoms. The Kier molecular flexibility index (Phi) is 4.97. The van der Waals surface area contributed by atoms with E-state index in [1.165, 1.54) is 10.3 Å². The third-order valence-corrected chi connectivity index (χ3v) is 5.81. The van der Waals surface area contributed by atoms with E-state index >= 15 is 0 Å². The SMILES string of the molecule is Cc1ccc(NC(=O)CN(C)c2nc3c(C)ccc(C)c3s2)cc1Cl. The van der Waals surface area contributed by atoms with Gasteiger partial charge in [-0.25, -0.2) is 4.98 Å². The number of aromatic nitrogens is 1. The summed E-state index contributed by atoms with van der Waals surface area (Å²) in [7, 11) is 1.88. The molecule has 0 atom stereocenters. The second kappa shape index (κ2) is 7.02. The number of benzene rings is 2. The van der Waals surface area contributed by atoms with Gasteiger partial charge in [-0.05, 0) is 49.6 Å². The van der Waals surface area contributed by atoms with Gasteiger partial charge in [-0.2, -0.15) is 0 Å². The van der Waals surface area contributed by atoms with Crippen LogP contribution in [0, 0.1) is 20.8 Å².